The Bertz CT molecular complexity index is 439. The van der Waals surface area contributed by atoms with Gasteiger partial charge >= 0.3 is 0 Å². The summed E-state index contributed by atoms with van der Waals surface area (Å²) in [5, 5.41) is 3.83. The Hall–Kier alpha value is -0.770. The first-order valence-corrected chi connectivity index (χ1v) is 6.29. The van der Waals surface area contributed by atoms with Gasteiger partial charge in [-0.05, 0) is 31.0 Å². The smallest absolute Gasteiger partial charge is 0.231 e. The Kier molecular flexibility index (Phi) is 3.61. The molecule has 0 atom stereocenters. The van der Waals surface area contributed by atoms with Gasteiger partial charge in [0.2, 0.25) is 5.91 Å². The first-order chi connectivity index (χ1) is 8.07. The summed E-state index contributed by atoms with van der Waals surface area (Å²) in [6, 6.07) is 4.99. The molecule has 0 aromatic heterocycles. The zero-order chi connectivity index (χ0) is 12.5. The number of nitrogens with two attached hydrogens (primary N) is 1. The van der Waals surface area contributed by atoms with Crippen LogP contribution in [0.3, 0.4) is 0 Å². The predicted molar refractivity (Wildman–Crippen MR) is 70.4 cm³/mol. The van der Waals surface area contributed by atoms with E-state index in [9.17, 15) is 4.79 Å². The van der Waals surface area contributed by atoms with E-state index in [1.165, 1.54) is 0 Å². The topological polar surface area (TPSA) is 55.1 Å². The van der Waals surface area contributed by atoms with Crippen molar-refractivity contribution in [3.63, 3.8) is 0 Å². The third kappa shape index (κ3) is 2.41. The quantitative estimate of drug-likeness (QED) is 0.889. The van der Waals surface area contributed by atoms with Crippen LogP contribution >= 0.6 is 23.2 Å². The van der Waals surface area contributed by atoms with E-state index in [4.69, 9.17) is 28.9 Å². The maximum atomic E-state index is 12.1. The molecule has 1 aliphatic carbocycles. The average molecular weight is 273 g/mol. The van der Waals surface area contributed by atoms with E-state index in [-0.39, 0.29) is 5.91 Å². The lowest BCUT2D eigenvalue weighted by molar-refractivity contribution is -0.129. The van der Waals surface area contributed by atoms with Gasteiger partial charge in [-0.1, -0.05) is 29.6 Å². The maximum Gasteiger partial charge on any atom is 0.231 e. The number of benzene rings is 1. The molecule has 1 saturated carbocycles. The standard InChI is InChI=1S/C12H14Cl2N2O/c13-8-2-3-9(14)10(6-8)16-11(17)12(7-15)4-1-5-12/h2-3,6H,1,4-5,7,15H2,(H,16,17). The van der Waals surface area contributed by atoms with Crippen LogP contribution in [0.25, 0.3) is 0 Å². The van der Waals surface area contributed by atoms with Crippen molar-refractivity contribution < 1.29 is 4.79 Å². The van der Waals surface area contributed by atoms with Crippen LogP contribution in [0, 0.1) is 5.41 Å². The summed E-state index contributed by atoms with van der Waals surface area (Å²) < 4.78 is 0. The van der Waals surface area contributed by atoms with Crippen LogP contribution in [0.4, 0.5) is 5.69 Å². The fourth-order valence-electron chi connectivity index (χ4n) is 1.98. The van der Waals surface area contributed by atoms with Crippen molar-refractivity contribution in [3.05, 3.63) is 28.2 Å². The van der Waals surface area contributed by atoms with E-state index >= 15 is 0 Å². The minimum atomic E-state index is -0.411. The van der Waals surface area contributed by atoms with Crippen molar-refractivity contribution >= 4 is 34.8 Å². The van der Waals surface area contributed by atoms with Crippen LogP contribution in [-0.4, -0.2) is 12.5 Å². The SMILES string of the molecule is NCC1(C(=O)Nc2cc(Cl)ccc2Cl)CCC1. The molecule has 1 fully saturated rings. The lowest BCUT2D eigenvalue weighted by atomic mass is 9.68. The second kappa shape index (κ2) is 4.84. The molecule has 1 aromatic rings. The molecule has 1 aromatic carbocycles. The first kappa shape index (κ1) is 12.7. The van der Waals surface area contributed by atoms with Gasteiger partial charge in [0.25, 0.3) is 0 Å². The minimum absolute atomic E-state index is 0.0598. The van der Waals surface area contributed by atoms with Gasteiger partial charge in [-0.3, -0.25) is 4.79 Å². The number of amides is 1. The molecule has 0 unspecified atom stereocenters. The number of nitrogens with one attached hydrogen (secondary N) is 1. The number of halogens is 2. The Morgan fingerprint density at radius 1 is 1.41 bits per heavy atom. The summed E-state index contributed by atoms with van der Waals surface area (Å²) in [5.41, 5.74) is 5.81. The predicted octanol–water partition coefficient (Wildman–Crippen LogP) is 3.06. The van der Waals surface area contributed by atoms with Gasteiger partial charge in [0, 0.05) is 11.6 Å². The maximum absolute atomic E-state index is 12.1. The third-order valence-electron chi connectivity index (χ3n) is 3.36. The molecule has 3 nitrogen and oxygen atoms in total. The second-order valence-electron chi connectivity index (χ2n) is 4.42. The normalized spacial score (nSPS) is 17.4. The molecular weight excluding hydrogens is 259 g/mol. The summed E-state index contributed by atoms with van der Waals surface area (Å²) in [5.74, 6) is -0.0598. The highest BCUT2D eigenvalue weighted by atomic mass is 35.5. The van der Waals surface area contributed by atoms with Gasteiger partial charge in [-0.2, -0.15) is 0 Å². The largest absolute Gasteiger partial charge is 0.329 e. The number of hydrogen-bond donors (Lipinski definition) is 2. The van der Waals surface area contributed by atoms with Gasteiger partial charge in [0.1, 0.15) is 0 Å². The van der Waals surface area contributed by atoms with Crippen LogP contribution in [0.1, 0.15) is 19.3 Å². The molecule has 0 saturated heterocycles. The second-order valence-corrected chi connectivity index (χ2v) is 5.26. The molecule has 1 amide bonds. The highest BCUT2D eigenvalue weighted by Gasteiger charge is 2.42. The molecule has 3 N–H and O–H groups in total. The van der Waals surface area contributed by atoms with Gasteiger partial charge in [-0.25, -0.2) is 0 Å². The molecular formula is C12H14Cl2N2O. The average Bonchev–Trinajstić information content (AvgIpc) is 2.23. The van der Waals surface area contributed by atoms with Crippen LogP contribution in [0.15, 0.2) is 18.2 Å². The molecule has 0 heterocycles. The Morgan fingerprint density at radius 2 is 2.12 bits per heavy atom. The number of anilines is 1. The van der Waals surface area contributed by atoms with Crippen molar-refractivity contribution in [1.29, 1.82) is 0 Å². The van der Waals surface area contributed by atoms with E-state index in [1.807, 2.05) is 0 Å². The van der Waals surface area contributed by atoms with Gasteiger partial charge in [0.05, 0.1) is 16.1 Å². The van der Waals surface area contributed by atoms with E-state index < -0.39 is 5.41 Å². The van der Waals surface area contributed by atoms with Crippen LogP contribution in [-0.2, 0) is 4.79 Å². The molecule has 1 aliphatic rings. The number of hydrogen-bond acceptors (Lipinski definition) is 2. The van der Waals surface area contributed by atoms with Crippen molar-refractivity contribution in [3.8, 4) is 0 Å². The highest BCUT2D eigenvalue weighted by Crippen LogP contribution is 2.41. The van der Waals surface area contributed by atoms with E-state index in [1.54, 1.807) is 18.2 Å². The third-order valence-corrected chi connectivity index (χ3v) is 3.92. The van der Waals surface area contributed by atoms with Crippen LogP contribution in [0.5, 0.6) is 0 Å². The fourth-order valence-corrected chi connectivity index (χ4v) is 2.31. The highest BCUT2D eigenvalue weighted by molar-refractivity contribution is 6.35. The Balaban J connectivity index is 2.15. The van der Waals surface area contributed by atoms with Gasteiger partial charge in [-0.15, -0.1) is 0 Å². The molecule has 0 spiro atoms. The Morgan fingerprint density at radius 3 is 2.65 bits per heavy atom. The zero-order valence-electron chi connectivity index (χ0n) is 9.30. The van der Waals surface area contributed by atoms with Crippen LogP contribution < -0.4 is 11.1 Å². The van der Waals surface area contributed by atoms with Crippen molar-refractivity contribution in [2.45, 2.75) is 19.3 Å². The van der Waals surface area contributed by atoms with E-state index in [0.29, 0.717) is 22.3 Å². The van der Waals surface area contributed by atoms with Gasteiger partial charge in [0.15, 0.2) is 0 Å². The number of carbonyl (C=O) groups is 1. The zero-order valence-corrected chi connectivity index (χ0v) is 10.8. The molecule has 17 heavy (non-hydrogen) atoms. The number of carbonyl (C=O) groups excluding carboxylic acids is 1. The molecule has 5 heteroatoms. The molecule has 92 valence electrons. The first-order valence-electron chi connectivity index (χ1n) is 5.54. The Labute approximate surface area is 110 Å². The minimum Gasteiger partial charge on any atom is -0.329 e. The summed E-state index contributed by atoms with van der Waals surface area (Å²) in [6.45, 7) is 0.372. The number of rotatable bonds is 3. The van der Waals surface area contributed by atoms with Crippen molar-refractivity contribution in [2.75, 3.05) is 11.9 Å². The molecule has 0 radical (unpaired) electrons. The summed E-state index contributed by atoms with van der Waals surface area (Å²) >= 11 is 11.9. The summed E-state index contributed by atoms with van der Waals surface area (Å²) in [6.07, 6.45) is 2.73. The summed E-state index contributed by atoms with van der Waals surface area (Å²) in [4.78, 5) is 12.1. The monoisotopic (exact) mass is 272 g/mol. The lowest BCUT2D eigenvalue weighted by Gasteiger charge is -2.39. The molecule has 0 aliphatic heterocycles. The van der Waals surface area contributed by atoms with E-state index in [0.717, 1.165) is 19.3 Å². The fraction of sp³-hybridized carbons (Fsp3) is 0.417. The lowest BCUT2D eigenvalue weighted by Crippen LogP contribution is -2.47. The summed E-state index contributed by atoms with van der Waals surface area (Å²) in [7, 11) is 0. The van der Waals surface area contributed by atoms with Crippen LogP contribution in [0.2, 0.25) is 10.0 Å². The van der Waals surface area contributed by atoms with Gasteiger partial charge < -0.3 is 11.1 Å². The van der Waals surface area contributed by atoms with E-state index in [2.05, 4.69) is 5.32 Å². The molecule has 2 rings (SSSR count). The van der Waals surface area contributed by atoms with Crippen molar-refractivity contribution in [1.82, 2.24) is 0 Å². The van der Waals surface area contributed by atoms with Crippen molar-refractivity contribution in [2.24, 2.45) is 11.1 Å². The molecule has 0 bridgehead atoms.